The van der Waals surface area contributed by atoms with Crippen molar-refractivity contribution in [3.63, 3.8) is 0 Å². The highest BCUT2D eigenvalue weighted by Crippen LogP contribution is 2.34. The second-order valence-corrected chi connectivity index (χ2v) is 6.02. The quantitative estimate of drug-likeness (QED) is 0.504. The zero-order chi connectivity index (χ0) is 16.7. The maximum absolute atomic E-state index is 14.7. The fourth-order valence-corrected chi connectivity index (χ4v) is 3.14. The molecule has 0 N–H and O–H groups in total. The average Bonchev–Trinajstić information content (AvgIpc) is 2.99. The Bertz CT molecular complexity index is 1060. The number of aryl methyl sites for hydroxylation is 1. The Kier molecular flexibility index (Phi) is 3.54. The van der Waals surface area contributed by atoms with Crippen molar-refractivity contribution in [3.05, 3.63) is 77.1 Å². The summed E-state index contributed by atoms with van der Waals surface area (Å²) in [5.41, 5.74) is 4.42. The minimum atomic E-state index is -0.308. The van der Waals surface area contributed by atoms with E-state index in [-0.39, 0.29) is 5.82 Å². The van der Waals surface area contributed by atoms with E-state index in [4.69, 9.17) is 11.6 Å². The van der Waals surface area contributed by atoms with Crippen LogP contribution < -0.4 is 0 Å². The van der Waals surface area contributed by atoms with Gasteiger partial charge in [0.05, 0.1) is 11.2 Å². The molecule has 0 spiro atoms. The molecule has 0 unspecified atom stereocenters. The van der Waals surface area contributed by atoms with Crippen LogP contribution in [0.3, 0.4) is 0 Å². The molecule has 0 aliphatic rings. The minimum Gasteiger partial charge on any atom is -0.212 e. The molecule has 0 bridgehead atoms. The molecular weight excluding hydrogens is 325 g/mol. The molecule has 0 saturated heterocycles. The smallest absolute Gasteiger partial charge is 0.133 e. The number of halogens is 2. The minimum absolute atomic E-state index is 0.308. The molecule has 1 heterocycles. The summed E-state index contributed by atoms with van der Waals surface area (Å²) in [6, 6.07) is 18.0. The van der Waals surface area contributed by atoms with Crippen molar-refractivity contribution in [1.82, 2.24) is 15.0 Å². The third-order valence-corrected chi connectivity index (χ3v) is 4.26. The number of aromatic nitrogens is 3. The summed E-state index contributed by atoms with van der Waals surface area (Å²) in [6.07, 6.45) is 0. The van der Waals surface area contributed by atoms with Crippen LogP contribution in [0.25, 0.3) is 27.8 Å². The van der Waals surface area contributed by atoms with Crippen molar-refractivity contribution < 1.29 is 4.39 Å². The third-order valence-electron chi connectivity index (χ3n) is 4.03. The van der Waals surface area contributed by atoms with Crippen LogP contribution in [0.2, 0.25) is 5.02 Å². The van der Waals surface area contributed by atoms with Crippen molar-refractivity contribution in [1.29, 1.82) is 0 Å². The van der Waals surface area contributed by atoms with Gasteiger partial charge in [0, 0.05) is 10.6 Å². The van der Waals surface area contributed by atoms with Gasteiger partial charge in [0.1, 0.15) is 11.3 Å². The molecule has 5 heteroatoms. The van der Waals surface area contributed by atoms with Crippen LogP contribution in [0, 0.1) is 12.7 Å². The molecular formula is C19H13ClFN3. The van der Waals surface area contributed by atoms with Gasteiger partial charge in [-0.15, -0.1) is 5.10 Å². The second kappa shape index (κ2) is 5.73. The third kappa shape index (κ3) is 2.36. The summed E-state index contributed by atoms with van der Waals surface area (Å²) in [5.74, 6) is -0.308. The maximum atomic E-state index is 14.7. The Morgan fingerprint density at radius 3 is 2.67 bits per heavy atom. The number of rotatable bonds is 2. The standard InChI is InChI=1S/C19H13ClFN3/c1-12-11-13(20)9-10-14(12)19-15(21)5-4-8-18(19)24-17-7-3-2-6-16(17)22-23-24/h2-11H,1H3. The summed E-state index contributed by atoms with van der Waals surface area (Å²) in [5, 5.41) is 9.00. The van der Waals surface area contributed by atoms with Gasteiger partial charge in [0.15, 0.2) is 0 Å². The summed E-state index contributed by atoms with van der Waals surface area (Å²) in [7, 11) is 0. The summed E-state index contributed by atoms with van der Waals surface area (Å²) in [4.78, 5) is 0. The van der Waals surface area contributed by atoms with E-state index in [1.165, 1.54) is 6.07 Å². The van der Waals surface area contributed by atoms with Crippen molar-refractivity contribution in [2.75, 3.05) is 0 Å². The van der Waals surface area contributed by atoms with Crippen molar-refractivity contribution in [2.24, 2.45) is 0 Å². The molecule has 0 saturated carbocycles. The summed E-state index contributed by atoms with van der Waals surface area (Å²) < 4.78 is 16.4. The first-order valence-corrected chi connectivity index (χ1v) is 7.89. The predicted molar refractivity (Wildman–Crippen MR) is 94.0 cm³/mol. The second-order valence-electron chi connectivity index (χ2n) is 5.58. The van der Waals surface area contributed by atoms with Crippen LogP contribution in [0.5, 0.6) is 0 Å². The first kappa shape index (κ1) is 14.8. The molecule has 0 amide bonds. The van der Waals surface area contributed by atoms with Gasteiger partial charge in [-0.2, -0.15) is 0 Å². The number of hydrogen-bond acceptors (Lipinski definition) is 2. The van der Waals surface area contributed by atoms with Gasteiger partial charge >= 0.3 is 0 Å². The van der Waals surface area contributed by atoms with Crippen LogP contribution in [0.4, 0.5) is 4.39 Å². The van der Waals surface area contributed by atoms with E-state index in [0.29, 0.717) is 16.3 Å². The van der Waals surface area contributed by atoms with Gasteiger partial charge in [-0.3, -0.25) is 0 Å². The highest BCUT2D eigenvalue weighted by molar-refractivity contribution is 6.30. The van der Waals surface area contributed by atoms with E-state index in [1.807, 2.05) is 49.4 Å². The van der Waals surface area contributed by atoms with Gasteiger partial charge in [-0.05, 0) is 54.4 Å². The van der Waals surface area contributed by atoms with E-state index in [9.17, 15) is 4.39 Å². The maximum Gasteiger partial charge on any atom is 0.133 e. The van der Waals surface area contributed by atoms with E-state index < -0.39 is 0 Å². The lowest BCUT2D eigenvalue weighted by atomic mass is 9.98. The zero-order valence-electron chi connectivity index (χ0n) is 12.9. The van der Waals surface area contributed by atoms with Crippen LogP contribution in [-0.2, 0) is 0 Å². The molecule has 118 valence electrons. The lowest BCUT2D eigenvalue weighted by Crippen LogP contribution is -2.02. The monoisotopic (exact) mass is 337 g/mol. The molecule has 0 aliphatic carbocycles. The molecule has 24 heavy (non-hydrogen) atoms. The number of nitrogens with zero attached hydrogens (tertiary/aromatic N) is 3. The lowest BCUT2D eigenvalue weighted by Gasteiger charge is -2.13. The SMILES string of the molecule is Cc1cc(Cl)ccc1-c1c(F)cccc1-n1nnc2ccccc21. The number of para-hydroxylation sites is 1. The lowest BCUT2D eigenvalue weighted by molar-refractivity contribution is 0.629. The van der Waals surface area contributed by atoms with Gasteiger partial charge < -0.3 is 0 Å². The Morgan fingerprint density at radius 2 is 1.83 bits per heavy atom. The van der Waals surface area contributed by atoms with E-state index >= 15 is 0 Å². The molecule has 4 aromatic rings. The zero-order valence-corrected chi connectivity index (χ0v) is 13.6. The van der Waals surface area contributed by atoms with E-state index in [0.717, 1.165) is 22.2 Å². The Hall–Kier alpha value is -2.72. The molecule has 1 aromatic heterocycles. The number of benzene rings is 3. The molecule has 0 atom stereocenters. The van der Waals surface area contributed by atoms with Crippen molar-refractivity contribution in [3.8, 4) is 16.8 Å². The molecule has 0 aliphatic heterocycles. The number of hydrogen-bond donors (Lipinski definition) is 0. The van der Waals surface area contributed by atoms with E-state index in [2.05, 4.69) is 10.3 Å². The van der Waals surface area contributed by atoms with Crippen LogP contribution in [-0.4, -0.2) is 15.0 Å². The van der Waals surface area contributed by atoms with Crippen LogP contribution in [0.1, 0.15) is 5.56 Å². The highest BCUT2D eigenvalue weighted by atomic mass is 35.5. The molecule has 4 rings (SSSR count). The predicted octanol–water partition coefficient (Wildman–Crippen LogP) is 5.19. The van der Waals surface area contributed by atoms with Gasteiger partial charge in [0.2, 0.25) is 0 Å². The normalized spacial score (nSPS) is 11.1. The summed E-state index contributed by atoms with van der Waals surface area (Å²) >= 11 is 6.04. The fraction of sp³-hybridized carbons (Fsp3) is 0.0526. The fourth-order valence-electron chi connectivity index (χ4n) is 2.91. The average molecular weight is 338 g/mol. The van der Waals surface area contributed by atoms with Crippen molar-refractivity contribution >= 4 is 22.6 Å². The van der Waals surface area contributed by atoms with Crippen LogP contribution >= 0.6 is 11.6 Å². The van der Waals surface area contributed by atoms with Crippen LogP contribution in [0.15, 0.2) is 60.7 Å². The molecule has 3 aromatic carbocycles. The van der Waals surface area contributed by atoms with Gasteiger partial charge in [-0.25, -0.2) is 9.07 Å². The largest absolute Gasteiger partial charge is 0.212 e. The Morgan fingerprint density at radius 1 is 1.00 bits per heavy atom. The molecule has 0 radical (unpaired) electrons. The summed E-state index contributed by atoms with van der Waals surface area (Å²) in [6.45, 7) is 1.91. The Balaban J connectivity index is 2.03. The number of fused-ring (bicyclic) bond motifs is 1. The Labute approximate surface area is 143 Å². The topological polar surface area (TPSA) is 30.7 Å². The van der Waals surface area contributed by atoms with Gasteiger partial charge in [0.25, 0.3) is 0 Å². The molecule has 0 fully saturated rings. The first-order valence-electron chi connectivity index (χ1n) is 7.51. The molecule has 3 nitrogen and oxygen atoms in total. The van der Waals surface area contributed by atoms with E-state index in [1.54, 1.807) is 16.8 Å². The van der Waals surface area contributed by atoms with Gasteiger partial charge in [-0.1, -0.05) is 41.1 Å². The first-order chi connectivity index (χ1) is 11.6. The highest BCUT2D eigenvalue weighted by Gasteiger charge is 2.17. The van der Waals surface area contributed by atoms with Crippen molar-refractivity contribution in [2.45, 2.75) is 6.92 Å².